The Morgan fingerprint density at radius 2 is 2.03 bits per heavy atom. The molecule has 0 bridgehead atoms. The first-order chi connectivity index (χ1) is 13.7. The van der Waals surface area contributed by atoms with E-state index in [0.717, 1.165) is 30.1 Å². The summed E-state index contributed by atoms with van der Waals surface area (Å²) in [5, 5.41) is 13.8. The summed E-state index contributed by atoms with van der Waals surface area (Å²) in [5.74, 6) is -2.08. The third kappa shape index (κ3) is 4.56. The van der Waals surface area contributed by atoms with Crippen LogP contribution in [-0.4, -0.2) is 43.1 Å². The molecule has 0 saturated heterocycles. The van der Waals surface area contributed by atoms with Gasteiger partial charge in [-0.2, -0.15) is 13.2 Å². The standard InChI is InChI=1S/C16H12F3N5O4S/c17-16(18,19)10-3-8(1-2-20-10)6-29-11-4-9(25)13(14-22-7-23-24(11)14)15(28)21-5-12(26)27/h1-4,7H,5-6H2,(H,21,28)(H,22,23)(H,26,27). The molecular formula is C16H12F3N5O4S. The Morgan fingerprint density at radius 3 is 2.72 bits per heavy atom. The van der Waals surface area contributed by atoms with Crippen molar-refractivity contribution in [3.63, 3.8) is 0 Å². The molecule has 0 aliphatic carbocycles. The first kappa shape index (κ1) is 20.4. The van der Waals surface area contributed by atoms with Crippen molar-refractivity contribution < 1.29 is 27.9 Å². The number of amides is 1. The topological polar surface area (TPSA) is 129 Å². The molecule has 3 heterocycles. The van der Waals surface area contributed by atoms with Gasteiger partial charge in [0.2, 0.25) is 0 Å². The SMILES string of the molecule is O=C(O)CNC(=O)c1c(=O)cc(SCc2ccnc(C(F)(F)F)c2)n2[nH]cnc12. The van der Waals surface area contributed by atoms with E-state index in [1.807, 2.05) is 0 Å². The molecule has 0 spiro atoms. The van der Waals surface area contributed by atoms with Crippen LogP contribution < -0.4 is 10.7 Å². The molecule has 0 aliphatic rings. The predicted molar refractivity (Wildman–Crippen MR) is 94.6 cm³/mol. The molecule has 0 saturated carbocycles. The number of alkyl halides is 3. The summed E-state index contributed by atoms with van der Waals surface area (Å²) >= 11 is 1.05. The van der Waals surface area contributed by atoms with Crippen LogP contribution in [0.2, 0.25) is 0 Å². The minimum absolute atomic E-state index is 0.0337. The Balaban J connectivity index is 1.88. The molecule has 0 radical (unpaired) electrons. The maximum Gasteiger partial charge on any atom is 0.433 e. The molecule has 29 heavy (non-hydrogen) atoms. The second-order valence-electron chi connectivity index (χ2n) is 5.68. The van der Waals surface area contributed by atoms with Crippen LogP contribution >= 0.6 is 11.8 Å². The fraction of sp³-hybridized carbons (Fsp3) is 0.188. The highest BCUT2D eigenvalue weighted by Crippen LogP contribution is 2.29. The second kappa shape index (κ2) is 7.95. The van der Waals surface area contributed by atoms with Crippen molar-refractivity contribution >= 4 is 29.3 Å². The van der Waals surface area contributed by atoms with E-state index < -0.39 is 35.7 Å². The molecule has 0 fully saturated rings. The molecule has 9 nitrogen and oxygen atoms in total. The summed E-state index contributed by atoms with van der Waals surface area (Å²) in [4.78, 5) is 42.3. The molecule has 0 aliphatic heterocycles. The Kier molecular flexibility index (Phi) is 5.59. The van der Waals surface area contributed by atoms with Crippen LogP contribution in [-0.2, 0) is 16.7 Å². The predicted octanol–water partition coefficient (Wildman–Crippen LogP) is 1.54. The maximum absolute atomic E-state index is 12.8. The Morgan fingerprint density at radius 1 is 1.28 bits per heavy atom. The smallest absolute Gasteiger partial charge is 0.433 e. The van der Waals surface area contributed by atoms with E-state index in [2.05, 4.69) is 20.4 Å². The Bertz CT molecular complexity index is 1140. The zero-order valence-electron chi connectivity index (χ0n) is 14.4. The second-order valence-corrected chi connectivity index (χ2v) is 6.68. The number of carbonyl (C=O) groups is 2. The van der Waals surface area contributed by atoms with Crippen LogP contribution in [0.15, 0.2) is 40.5 Å². The first-order valence-corrected chi connectivity index (χ1v) is 8.89. The van der Waals surface area contributed by atoms with Gasteiger partial charge in [0.25, 0.3) is 5.91 Å². The number of carboxylic acids is 1. The van der Waals surface area contributed by atoms with Gasteiger partial charge in [0.15, 0.2) is 11.1 Å². The molecule has 3 rings (SSSR count). The van der Waals surface area contributed by atoms with E-state index in [1.165, 1.54) is 16.9 Å². The molecule has 3 N–H and O–H groups in total. The number of carbonyl (C=O) groups excluding carboxylic acids is 1. The van der Waals surface area contributed by atoms with Crippen LogP contribution in [0.3, 0.4) is 0 Å². The van der Waals surface area contributed by atoms with Gasteiger partial charge in [-0.1, -0.05) is 0 Å². The number of aromatic amines is 1. The number of aromatic nitrogens is 4. The van der Waals surface area contributed by atoms with E-state index in [9.17, 15) is 27.6 Å². The number of halogens is 3. The van der Waals surface area contributed by atoms with E-state index in [0.29, 0.717) is 10.6 Å². The average Bonchev–Trinajstić information content (AvgIpc) is 3.13. The van der Waals surface area contributed by atoms with Gasteiger partial charge >= 0.3 is 12.1 Å². The average molecular weight is 427 g/mol. The molecule has 1 amide bonds. The number of H-pyrrole nitrogens is 1. The lowest BCUT2D eigenvalue weighted by Gasteiger charge is -2.09. The van der Waals surface area contributed by atoms with Crippen LogP contribution in [0.1, 0.15) is 21.6 Å². The number of hydrogen-bond acceptors (Lipinski definition) is 6. The van der Waals surface area contributed by atoms with Crippen molar-refractivity contribution in [1.29, 1.82) is 0 Å². The zero-order valence-corrected chi connectivity index (χ0v) is 15.2. The van der Waals surface area contributed by atoms with E-state index in [4.69, 9.17) is 5.11 Å². The third-order valence-electron chi connectivity index (χ3n) is 3.66. The summed E-state index contributed by atoms with van der Waals surface area (Å²) < 4.78 is 39.7. The number of hydrogen-bond donors (Lipinski definition) is 3. The fourth-order valence-electron chi connectivity index (χ4n) is 2.41. The van der Waals surface area contributed by atoms with E-state index >= 15 is 0 Å². The number of pyridine rings is 2. The lowest BCUT2D eigenvalue weighted by molar-refractivity contribution is -0.141. The van der Waals surface area contributed by atoms with Gasteiger partial charge in [0, 0.05) is 18.0 Å². The maximum atomic E-state index is 12.8. The lowest BCUT2D eigenvalue weighted by Crippen LogP contribution is -2.33. The number of rotatable bonds is 6. The summed E-state index contributed by atoms with van der Waals surface area (Å²) in [7, 11) is 0. The monoisotopic (exact) mass is 427 g/mol. The number of aliphatic carboxylic acids is 1. The number of fused-ring (bicyclic) bond motifs is 1. The van der Waals surface area contributed by atoms with Gasteiger partial charge in [-0.25, -0.2) is 9.50 Å². The van der Waals surface area contributed by atoms with Crippen molar-refractivity contribution in [1.82, 2.24) is 24.9 Å². The van der Waals surface area contributed by atoms with Crippen LogP contribution in [0.4, 0.5) is 13.2 Å². The van der Waals surface area contributed by atoms with Crippen molar-refractivity contribution in [2.75, 3.05) is 6.54 Å². The molecule has 3 aromatic heterocycles. The van der Waals surface area contributed by atoms with Gasteiger partial charge in [0.1, 0.15) is 29.2 Å². The molecule has 0 atom stereocenters. The zero-order chi connectivity index (χ0) is 21.2. The quantitative estimate of drug-likeness (QED) is 0.509. The summed E-state index contributed by atoms with van der Waals surface area (Å²) in [6.07, 6.45) is -2.30. The van der Waals surface area contributed by atoms with Crippen molar-refractivity contribution in [2.24, 2.45) is 0 Å². The Hall–Kier alpha value is -3.35. The fourth-order valence-corrected chi connectivity index (χ4v) is 3.36. The van der Waals surface area contributed by atoms with Gasteiger partial charge < -0.3 is 10.4 Å². The number of nitrogens with one attached hydrogen (secondary N) is 2. The summed E-state index contributed by atoms with van der Waals surface area (Å²) in [6, 6.07) is 3.45. The van der Waals surface area contributed by atoms with Crippen molar-refractivity contribution in [3.05, 3.63) is 57.8 Å². The minimum atomic E-state index is -4.57. The lowest BCUT2D eigenvalue weighted by atomic mass is 10.2. The Labute approximate surface area is 164 Å². The molecule has 152 valence electrons. The molecule has 3 aromatic rings. The van der Waals surface area contributed by atoms with Gasteiger partial charge in [0.05, 0.1) is 0 Å². The normalized spacial score (nSPS) is 11.6. The van der Waals surface area contributed by atoms with Gasteiger partial charge in [-0.15, -0.1) is 11.8 Å². The molecular weight excluding hydrogens is 415 g/mol. The van der Waals surface area contributed by atoms with Crippen LogP contribution in [0, 0.1) is 0 Å². The van der Waals surface area contributed by atoms with E-state index in [1.54, 1.807) is 0 Å². The third-order valence-corrected chi connectivity index (χ3v) is 4.73. The largest absolute Gasteiger partial charge is 0.480 e. The van der Waals surface area contributed by atoms with Gasteiger partial charge in [-0.05, 0) is 17.7 Å². The first-order valence-electron chi connectivity index (χ1n) is 7.91. The van der Waals surface area contributed by atoms with Crippen molar-refractivity contribution in [3.8, 4) is 0 Å². The summed E-state index contributed by atoms with van der Waals surface area (Å²) in [6.45, 7) is -0.672. The highest BCUT2D eigenvalue weighted by molar-refractivity contribution is 7.98. The van der Waals surface area contributed by atoms with Crippen LogP contribution in [0.25, 0.3) is 5.65 Å². The molecule has 0 unspecified atom stereocenters. The van der Waals surface area contributed by atoms with E-state index in [-0.39, 0.29) is 17.0 Å². The highest BCUT2D eigenvalue weighted by atomic mass is 32.2. The van der Waals surface area contributed by atoms with Crippen LogP contribution in [0.5, 0.6) is 0 Å². The number of carboxylic acid groups (broad SMARTS) is 1. The highest BCUT2D eigenvalue weighted by Gasteiger charge is 2.32. The number of thioether (sulfide) groups is 1. The van der Waals surface area contributed by atoms with Gasteiger partial charge in [-0.3, -0.25) is 24.5 Å². The number of nitrogens with zero attached hydrogens (tertiary/aromatic N) is 3. The minimum Gasteiger partial charge on any atom is -0.480 e. The van der Waals surface area contributed by atoms with Crippen molar-refractivity contribution in [2.45, 2.75) is 17.0 Å². The summed E-state index contributed by atoms with van der Waals surface area (Å²) in [5.41, 5.74) is -1.77. The molecule has 13 heteroatoms. The molecule has 0 aromatic carbocycles.